The molecule has 8 heteroatoms. The zero-order valence-corrected chi connectivity index (χ0v) is 18.6. The second-order valence-corrected chi connectivity index (χ2v) is 9.32. The predicted octanol–water partition coefficient (Wildman–Crippen LogP) is 1.78. The number of piperidine rings is 1. The van der Waals surface area contributed by atoms with Gasteiger partial charge in [-0.2, -0.15) is 0 Å². The van der Waals surface area contributed by atoms with E-state index in [9.17, 15) is 9.59 Å². The van der Waals surface area contributed by atoms with Crippen LogP contribution in [0.3, 0.4) is 0 Å². The maximum Gasteiger partial charge on any atom is 0.252 e. The Balaban J connectivity index is 1.06. The molecule has 2 aromatic heterocycles. The van der Waals surface area contributed by atoms with Crippen LogP contribution in [0.25, 0.3) is 11.0 Å². The van der Waals surface area contributed by atoms with Crippen molar-refractivity contribution in [2.24, 2.45) is 0 Å². The topological polar surface area (TPSA) is 80.5 Å². The highest BCUT2D eigenvalue weighted by atomic mass is 16.5. The number of aromatic nitrogens is 2. The van der Waals surface area contributed by atoms with E-state index in [2.05, 4.69) is 33.7 Å². The standard InChI is InChI=1S/C25H29N5O3/c31-23-5-2-18-3-6-24(32)30-20(16-29(23)25(18)30)15-28-10-7-19(8-11-28)27-14-17-1-4-22-21(13-17)26-9-12-33-22/h1-6,13,19-20,26-27H,7-12,14-16H2/t20-/m1/s1. The van der Waals surface area contributed by atoms with Crippen LogP contribution in [0.4, 0.5) is 5.69 Å². The van der Waals surface area contributed by atoms with Crippen LogP contribution in [0.5, 0.6) is 5.75 Å². The Morgan fingerprint density at radius 1 is 1.03 bits per heavy atom. The Morgan fingerprint density at radius 2 is 1.85 bits per heavy atom. The van der Waals surface area contributed by atoms with Gasteiger partial charge in [-0.15, -0.1) is 0 Å². The van der Waals surface area contributed by atoms with Gasteiger partial charge in [0.25, 0.3) is 11.1 Å². The van der Waals surface area contributed by atoms with Gasteiger partial charge < -0.3 is 20.3 Å². The lowest BCUT2D eigenvalue weighted by Gasteiger charge is -2.34. The van der Waals surface area contributed by atoms with Crippen molar-refractivity contribution >= 4 is 16.7 Å². The van der Waals surface area contributed by atoms with Crippen LogP contribution in [0.2, 0.25) is 0 Å². The zero-order chi connectivity index (χ0) is 22.4. The van der Waals surface area contributed by atoms with Gasteiger partial charge in [-0.3, -0.25) is 18.7 Å². The van der Waals surface area contributed by atoms with Crippen LogP contribution >= 0.6 is 0 Å². The Kier molecular flexibility index (Phi) is 5.19. The van der Waals surface area contributed by atoms with Crippen molar-refractivity contribution in [3.05, 3.63) is 68.7 Å². The molecule has 1 saturated heterocycles. The van der Waals surface area contributed by atoms with Gasteiger partial charge in [0.1, 0.15) is 18.0 Å². The molecule has 0 aliphatic carbocycles. The second kappa shape index (κ2) is 8.35. The molecule has 2 N–H and O–H groups in total. The van der Waals surface area contributed by atoms with Crippen molar-refractivity contribution in [3.8, 4) is 5.75 Å². The number of rotatable bonds is 5. The van der Waals surface area contributed by atoms with Crippen molar-refractivity contribution < 1.29 is 4.74 Å². The van der Waals surface area contributed by atoms with Crippen LogP contribution < -0.4 is 26.5 Å². The molecule has 0 unspecified atom stereocenters. The summed E-state index contributed by atoms with van der Waals surface area (Å²) in [6, 6.07) is 13.7. The Bertz CT molecular complexity index is 1300. The normalized spacial score (nSPS) is 20.4. The quantitative estimate of drug-likeness (QED) is 0.621. The Morgan fingerprint density at radius 3 is 2.70 bits per heavy atom. The zero-order valence-electron chi connectivity index (χ0n) is 18.6. The molecule has 3 aliphatic rings. The van der Waals surface area contributed by atoms with Crippen molar-refractivity contribution in [3.63, 3.8) is 0 Å². The number of likely N-dealkylation sites (tertiary alicyclic amines) is 1. The van der Waals surface area contributed by atoms with Crippen LogP contribution in [0, 0.1) is 0 Å². The molecule has 0 bridgehead atoms. The van der Waals surface area contributed by atoms with E-state index < -0.39 is 0 Å². The number of ether oxygens (including phenoxy) is 1. The molecule has 1 aromatic carbocycles. The summed E-state index contributed by atoms with van der Waals surface area (Å²) >= 11 is 0. The molecule has 6 rings (SSSR count). The van der Waals surface area contributed by atoms with Crippen molar-refractivity contribution in [1.29, 1.82) is 0 Å². The van der Waals surface area contributed by atoms with Crippen LogP contribution in [-0.2, 0) is 13.1 Å². The average Bonchev–Trinajstić information content (AvgIpc) is 3.23. The van der Waals surface area contributed by atoms with Crippen LogP contribution in [0.15, 0.2) is 52.1 Å². The largest absolute Gasteiger partial charge is 0.490 e. The van der Waals surface area contributed by atoms with Gasteiger partial charge in [0.2, 0.25) is 0 Å². The summed E-state index contributed by atoms with van der Waals surface area (Å²) in [5, 5.41) is 8.05. The van der Waals surface area contributed by atoms with Gasteiger partial charge in [-0.25, -0.2) is 0 Å². The maximum atomic E-state index is 12.6. The number of hydrogen-bond acceptors (Lipinski definition) is 6. The number of benzene rings is 1. The highest BCUT2D eigenvalue weighted by Gasteiger charge is 2.29. The SMILES string of the molecule is O=c1ccc2ccc(=O)n3c2n1C[C@H]3CN1CCC(NCc2ccc3c(c2)NCCO3)CC1. The first-order valence-corrected chi connectivity index (χ1v) is 11.9. The predicted molar refractivity (Wildman–Crippen MR) is 128 cm³/mol. The third-order valence-corrected chi connectivity index (χ3v) is 7.19. The summed E-state index contributed by atoms with van der Waals surface area (Å²) in [6.07, 6.45) is 2.15. The fraction of sp³-hybridized carbons (Fsp3) is 0.440. The van der Waals surface area contributed by atoms with Gasteiger partial charge in [0.15, 0.2) is 0 Å². The summed E-state index contributed by atoms with van der Waals surface area (Å²) in [4.78, 5) is 27.4. The summed E-state index contributed by atoms with van der Waals surface area (Å²) < 4.78 is 9.25. The van der Waals surface area contributed by atoms with Gasteiger partial charge in [0.05, 0.1) is 11.7 Å². The Hall–Kier alpha value is -3.10. The van der Waals surface area contributed by atoms with Crippen molar-refractivity contribution in [2.75, 3.05) is 38.1 Å². The molecule has 5 heterocycles. The maximum absolute atomic E-state index is 12.6. The number of nitrogens with one attached hydrogen (secondary N) is 2. The van der Waals surface area contributed by atoms with E-state index in [0.717, 1.165) is 74.6 Å². The van der Waals surface area contributed by atoms with E-state index in [1.807, 2.05) is 16.7 Å². The minimum atomic E-state index is -0.0313. The lowest BCUT2D eigenvalue weighted by molar-refractivity contribution is 0.171. The average molecular weight is 448 g/mol. The van der Waals surface area contributed by atoms with Gasteiger partial charge in [-0.1, -0.05) is 6.07 Å². The van der Waals surface area contributed by atoms with Gasteiger partial charge >= 0.3 is 0 Å². The number of pyridine rings is 2. The van der Waals surface area contributed by atoms with Crippen LogP contribution in [-0.4, -0.2) is 52.9 Å². The monoisotopic (exact) mass is 447 g/mol. The molecule has 3 aliphatic heterocycles. The third kappa shape index (κ3) is 3.83. The molecule has 3 aromatic rings. The van der Waals surface area contributed by atoms with E-state index in [0.29, 0.717) is 12.6 Å². The second-order valence-electron chi connectivity index (χ2n) is 9.32. The molecular weight excluding hydrogens is 418 g/mol. The van der Waals surface area contributed by atoms with E-state index in [1.54, 1.807) is 16.7 Å². The minimum absolute atomic E-state index is 0.00558. The first-order valence-electron chi connectivity index (χ1n) is 11.9. The van der Waals surface area contributed by atoms with Crippen LogP contribution in [0.1, 0.15) is 24.4 Å². The summed E-state index contributed by atoms with van der Waals surface area (Å²) in [6.45, 7) is 5.76. The highest BCUT2D eigenvalue weighted by molar-refractivity contribution is 5.76. The molecule has 172 valence electrons. The molecule has 1 atom stereocenters. The van der Waals surface area contributed by atoms with Gasteiger partial charge in [0, 0.05) is 49.7 Å². The number of anilines is 1. The molecule has 0 radical (unpaired) electrons. The fourth-order valence-corrected chi connectivity index (χ4v) is 5.47. The molecule has 0 saturated carbocycles. The molecule has 8 nitrogen and oxygen atoms in total. The lowest BCUT2D eigenvalue weighted by atomic mass is 10.0. The Labute approximate surface area is 191 Å². The lowest BCUT2D eigenvalue weighted by Crippen LogP contribution is -2.44. The summed E-state index contributed by atoms with van der Waals surface area (Å²) in [5.41, 5.74) is 3.05. The van der Waals surface area contributed by atoms with E-state index in [4.69, 9.17) is 4.74 Å². The highest BCUT2D eigenvalue weighted by Crippen LogP contribution is 2.28. The van der Waals surface area contributed by atoms with Crippen molar-refractivity contribution in [2.45, 2.75) is 38.0 Å². The summed E-state index contributed by atoms with van der Waals surface area (Å²) in [5.74, 6) is 0.935. The number of fused-ring (bicyclic) bond motifs is 1. The first kappa shape index (κ1) is 20.5. The smallest absolute Gasteiger partial charge is 0.252 e. The molecule has 33 heavy (non-hydrogen) atoms. The molecule has 0 spiro atoms. The first-order chi connectivity index (χ1) is 16.2. The fourth-order valence-electron chi connectivity index (χ4n) is 5.47. The van der Waals surface area contributed by atoms with Crippen molar-refractivity contribution in [1.82, 2.24) is 19.4 Å². The summed E-state index contributed by atoms with van der Waals surface area (Å²) in [7, 11) is 0. The molecule has 0 amide bonds. The van der Waals surface area contributed by atoms with E-state index >= 15 is 0 Å². The number of nitrogens with zero attached hydrogens (tertiary/aromatic N) is 3. The molecule has 1 fully saturated rings. The van der Waals surface area contributed by atoms with Gasteiger partial charge in [-0.05, 0) is 55.8 Å². The third-order valence-electron chi connectivity index (χ3n) is 7.19. The molecular formula is C25H29N5O3. The van der Waals surface area contributed by atoms with E-state index in [1.165, 1.54) is 5.56 Å². The van der Waals surface area contributed by atoms with E-state index in [-0.39, 0.29) is 17.2 Å². The minimum Gasteiger partial charge on any atom is -0.490 e. The number of hydrogen-bond donors (Lipinski definition) is 2.